The summed E-state index contributed by atoms with van der Waals surface area (Å²) in [4.78, 5) is 16.3. The zero-order valence-corrected chi connectivity index (χ0v) is 17.9. The molecule has 0 bridgehead atoms. The molecular formula is C20H29N5O2S. The fourth-order valence-electron chi connectivity index (χ4n) is 3.32. The third-order valence-electron chi connectivity index (χ3n) is 4.89. The van der Waals surface area contributed by atoms with E-state index in [1.165, 1.54) is 0 Å². The quantitative estimate of drug-likeness (QED) is 0.729. The number of rotatable bonds is 4. The van der Waals surface area contributed by atoms with Crippen LogP contribution in [0.25, 0.3) is 5.69 Å². The first-order valence-corrected chi connectivity index (χ1v) is 10.0. The van der Waals surface area contributed by atoms with E-state index in [0.717, 1.165) is 31.6 Å². The third-order valence-corrected chi connectivity index (χ3v) is 5.30. The van der Waals surface area contributed by atoms with Gasteiger partial charge in [0.1, 0.15) is 11.9 Å². The van der Waals surface area contributed by atoms with Crippen molar-refractivity contribution in [3.05, 3.63) is 41.4 Å². The summed E-state index contributed by atoms with van der Waals surface area (Å²) in [6, 6.07) is 10.2. The first-order chi connectivity index (χ1) is 13.2. The summed E-state index contributed by atoms with van der Waals surface area (Å²) in [6.45, 7) is 8.09. The van der Waals surface area contributed by atoms with E-state index in [1.54, 1.807) is 11.2 Å². The van der Waals surface area contributed by atoms with Crippen molar-refractivity contribution in [3.63, 3.8) is 0 Å². The number of amides is 1. The van der Waals surface area contributed by atoms with Gasteiger partial charge in [0.2, 0.25) is 4.77 Å². The number of hydrogen-bond acceptors (Lipinski definition) is 5. The Morgan fingerprint density at radius 1 is 1.25 bits per heavy atom. The van der Waals surface area contributed by atoms with E-state index in [0.29, 0.717) is 11.4 Å². The van der Waals surface area contributed by atoms with Crippen molar-refractivity contribution in [2.45, 2.75) is 51.9 Å². The number of piperidine rings is 1. The summed E-state index contributed by atoms with van der Waals surface area (Å²) in [7, 11) is 1.83. The molecule has 1 aromatic carbocycles. The zero-order valence-electron chi connectivity index (χ0n) is 17.0. The molecule has 0 spiro atoms. The van der Waals surface area contributed by atoms with Crippen molar-refractivity contribution in [2.24, 2.45) is 0 Å². The van der Waals surface area contributed by atoms with Gasteiger partial charge in [0.15, 0.2) is 0 Å². The summed E-state index contributed by atoms with van der Waals surface area (Å²) in [6.07, 6.45) is 3.32. The Balaban J connectivity index is 1.56. The third kappa shape index (κ3) is 4.99. The van der Waals surface area contributed by atoms with Crippen LogP contribution in [0.4, 0.5) is 4.79 Å². The second kappa shape index (κ2) is 8.45. The van der Waals surface area contributed by atoms with Crippen LogP contribution in [-0.2, 0) is 11.4 Å². The lowest BCUT2D eigenvalue weighted by molar-refractivity contribution is 0.0135. The van der Waals surface area contributed by atoms with Gasteiger partial charge in [0.05, 0.1) is 6.67 Å². The van der Waals surface area contributed by atoms with Crippen LogP contribution in [0, 0.1) is 4.77 Å². The lowest BCUT2D eigenvalue weighted by Crippen LogP contribution is -2.47. The Hall–Kier alpha value is -2.19. The minimum atomic E-state index is -0.472. The van der Waals surface area contributed by atoms with Crippen LogP contribution in [0.2, 0.25) is 0 Å². The molecule has 0 saturated carbocycles. The van der Waals surface area contributed by atoms with Gasteiger partial charge in [-0.2, -0.15) is 5.10 Å². The van der Waals surface area contributed by atoms with Crippen LogP contribution in [-0.4, -0.2) is 62.0 Å². The molecule has 1 aromatic heterocycles. The van der Waals surface area contributed by atoms with Gasteiger partial charge in [-0.1, -0.05) is 18.2 Å². The number of benzene rings is 1. The SMILES string of the molecule is CN(C(=O)OC(C)(C)C)C1CCN(Cn2ncn(-c3ccccc3)c2=S)CC1. The van der Waals surface area contributed by atoms with Gasteiger partial charge in [-0.3, -0.25) is 9.47 Å². The molecule has 2 aromatic rings. The second-order valence-electron chi connectivity index (χ2n) is 8.20. The largest absolute Gasteiger partial charge is 0.444 e. The van der Waals surface area contributed by atoms with E-state index in [-0.39, 0.29) is 12.1 Å². The van der Waals surface area contributed by atoms with Gasteiger partial charge in [0.25, 0.3) is 0 Å². The fraction of sp³-hybridized carbons (Fsp3) is 0.550. The number of nitrogens with zero attached hydrogens (tertiary/aromatic N) is 5. The molecule has 0 atom stereocenters. The van der Waals surface area contributed by atoms with Crippen LogP contribution < -0.4 is 0 Å². The number of carbonyl (C=O) groups is 1. The summed E-state index contributed by atoms with van der Waals surface area (Å²) in [5.74, 6) is 0. The Kier molecular flexibility index (Phi) is 6.20. The smallest absolute Gasteiger partial charge is 0.410 e. The number of ether oxygens (including phenoxy) is 1. The highest BCUT2D eigenvalue weighted by molar-refractivity contribution is 7.71. The summed E-state index contributed by atoms with van der Waals surface area (Å²) >= 11 is 5.59. The lowest BCUT2D eigenvalue weighted by Gasteiger charge is -2.37. The second-order valence-corrected chi connectivity index (χ2v) is 8.57. The Morgan fingerprint density at radius 2 is 1.89 bits per heavy atom. The van der Waals surface area contributed by atoms with Crippen molar-refractivity contribution >= 4 is 18.3 Å². The molecule has 1 fully saturated rings. The molecule has 1 aliphatic rings. The summed E-state index contributed by atoms with van der Waals surface area (Å²) in [5, 5.41) is 4.46. The molecule has 0 unspecified atom stereocenters. The molecule has 28 heavy (non-hydrogen) atoms. The van der Waals surface area contributed by atoms with Gasteiger partial charge in [0, 0.05) is 31.9 Å². The predicted octanol–water partition coefficient (Wildman–Crippen LogP) is 3.69. The summed E-state index contributed by atoms with van der Waals surface area (Å²) < 4.78 is 9.92. The van der Waals surface area contributed by atoms with Gasteiger partial charge in [-0.25, -0.2) is 9.48 Å². The highest BCUT2D eigenvalue weighted by Gasteiger charge is 2.28. The van der Waals surface area contributed by atoms with E-state index in [1.807, 2.05) is 67.4 Å². The van der Waals surface area contributed by atoms with E-state index in [4.69, 9.17) is 17.0 Å². The van der Waals surface area contributed by atoms with Crippen molar-refractivity contribution in [2.75, 3.05) is 20.1 Å². The maximum Gasteiger partial charge on any atom is 0.410 e. The van der Waals surface area contributed by atoms with Crippen molar-refractivity contribution in [1.29, 1.82) is 0 Å². The standard InChI is InChI=1S/C20H29N5O2S/c1-20(2,3)27-19(26)22(4)16-10-12-23(13-11-16)15-25-18(28)24(14-21-25)17-8-6-5-7-9-17/h5-9,14,16H,10-13,15H2,1-4H3. The Bertz CT molecular complexity index is 847. The molecule has 2 heterocycles. The van der Waals surface area contributed by atoms with Crippen LogP contribution in [0.5, 0.6) is 0 Å². The molecular weight excluding hydrogens is 374 g/mol. The molecule has 1 amide bonds. The van der Waals surface area contributed by atoms with Gasteiger partial charge in [-0.05, 0) is 58.0 Å². The number of likely N-dealkylation sites (tertiary alicyclic amines) is 1. The van der Waals surface area contributed by atoms with Crippen LogP contribution in [0.1, 0.15) is 33.6 Å². The van der Waals surface area contributed by atoms with Crippen molar-refractivity contribution in [1.82, 2.24) is 24.1 Å². The summed E-state index contributed by atoms with van der Waals surface area (Å²) in [5.41, 5.74) is 0.538. The van der Waals surface area contributed by atoms with E-state index >= 15 is 0 Å². The molecule has 3 rings (SSSR count). The maximum atomic E-state index is 12.3. The normalized spacial score (nSPS) is 16.1. The number of carbonyl (C=O) groups excluding carboxylic acids is 1. The molecule has 1 aliphatic heterocycles. The minimum absolute atomic E-state index is 0.195. The molecule has 7 nitrogen and oxygen atoms in total. The van der Waals surface area contributed by atoms with E-state index in [9.17, 15) is 4.79 Å². The van der Waals surface area contributed by atoms with Gasteiger partial charge < -0.3 is 9.64 Å². The first-order valence-electron chi connectivity index (χ1n) is 9.62. The number of hydrogen-bond donors (Lipinski definition) is 0. The van der Waals surface area contributed by atoms with E-state index < -0.39 is 5.60 Å². The van der Waals surface area contributed by atoms with Crippen LogP contribution in [0.3, 0.4) is 0 Å². The minimum Gasteiger partial charge on any atom is -0.444 e. The number of aromatic nitrogens is 3. The topological polar surface area (TPSA) is 55.5 Å². The van der Waals surface area contributed by atoms with Gasteiger partial charge in [-0.15, -0.1) is 0 Å². The highest BCUT2D eigenvalue weighted by atomic mass is 32.1. The monoisotopic (exact) mass is 403 g/mol. The Morgan fingerprint density at radius 3 is 2.50 bits per heavy atom. The van der Waals surface area contributed by atoms with Crippen molar-refractivity contribution < 1.29 is 9.53 Å². The van der Waals surface area contributed by atoms with Crippen LogP contribution in [0.15, 0.2) is 36.7 Å². The molecule has 8 heteroatoms. The molecule has 0 N–H and O–H groups in total. The van der Waals surface area contributed by atoms with Gasteiger partial charge >= 0.3 is 6.09 Å². The molecule has 152 valence electrons. The first kappa shape index (κ1) is 20.5. The highest BCUT2D eigenvalue weighted by Crippen LogP contribution is 2.19. The molecule has 1 saturated heterocycles. The predicted molar refractivity (Wildman–Crippen MR) is 111 cm³/mol. The van der Waals surface area contributed by atoms with Crippen LogP contribution >= 0.6 is 12.2 Å². The number of para-hydroxylation sites is 1. The van der Waals surface area contributed by atoms with Crippen molar-refractivity contribution in [3.8, 4) is 5.69 Å². The van der Waals surface area contributed by atoms with E-state index in [2.05, 4.69) is 10.00 Å². The fourth-order valence-corrected chi connectivity index (χ4v) is 3.58. The molecule has 0 aliphatic carbocycles. The molecule has 0 radical (unpaired) electrons. The lowest BCUT2D eigenvalue weighted by atomic mass is 10.0. The maximum absolute atomic E-state index is 12.3. The Labute approximate surface area is 171 Å². The average molecular weight is 404 g/mol. The average Bonchev–Trinajstić information content (AvgIpc) is 3.01. The zero-order chi connectivity index (χ0) is 20.3.